The molecule has 1 unspecified atom stereocenters. The predicted octanol–water partition coefficient (Wildman–Crippen LogP) is -1.34. The standard InChI is InChI=1S/C9H14N2O6S/c1-9(2)8(15)11(18(9,16)17)5(7(13)14)3-4-6(10)12/h5H,3-4H2,1-2H3,(H2,10,12)(H,13,14). The minimum atomic E-state index is -3.99. The molecule has 1 heterocycles. The Hall–Kier alpha value is -1.64. The number of aliphatic carboxylic acids is 1. The molecule has 0 aromatic carbocycles. The molecule has 1 aliphatic heterocycles. The second-order valence-corrected chi connectivity index (χ2v) is 6.84. The first-order valence-corrected chi connectivity index (χ1v) is 6.57. The lowest BCUT2D eigenvalue weighted by Crippen LogP contribution is -2.71. The highest BCUT2D eigenvalue weighted by molar-refractivity contribution is 7.94. The van der Waals surface area contributed by atoms with Crippen molar-refractivity contribution in [1.82, 2.24) is 4.31 Å². The molecule has 1 saturated heterocycles. The van der Waals surface area contributed by atoms with Gasteiger partial charge in [-0.15, -0.1) is 0 Å². The number of carboxylic acids is 1. The smallest absolute Gasteiger partial charge is 0.327 e. The average Bonchev–Trinajstić information content (AvgIpc) is 2.21. The molecule has 2 amide bonds. The van der Waals surface area contributed by atoms with E-state index in [1.807, 2.05) is 0 Å². The van der Waals surface area contributed by atoms with Crippen molar-refractivity contribution in [3.8, 4) is 0 Å². The average molecular weight is 278 g/mol. The monoisotopic (exact) mass is 278 g/mol. The molecule has 1 atom stereocenters. The quantitative estimate of drug-likeness (QED) is 0.638. The van der Waals surface area contributed by atoms with Gasteiger partial charge in [-0.05, 0) is 20.3 Å². The van der Waals surface area contributed by atoms with E-state index in [-0.39, 0.29) is 12.8 Å². The Kier molecular flexibility index (Phi) is 3.39. The van der Waals surface area contributed by atoms with Crippen molar-refractivity contribution in [2.24, 2.45) is 5.73 Å². The summed E-state index contributed by atoms with van der Waals surface area (Å²) in [6, 6.07) is -1.58. The Bertz CT molecular complexity index is 509. The lowest BCUT2D eigenvalue weighted by Gasteiger charge is -2.45. The molecule has 0 radical (unpaired) electrons. The summed E-state index contributed by atoms with van der Waals surface area (Å²) in [5.74, 6) is -3.03. The summed E-state index contributed by atoms with van der Waals surface area (Å²) in [7, 11) is -3.99. The van der Waals surface area contributed by atoms with Crippen molar-refractivity contribution < 1.29 is 27.9 Å². The summed E-state index contributed by atoms with van der Waals surface area (Å²) in [4.78, 5) is 33.2. The van der Waals surface area contributed by atoms with Gasteiger partial charge < -0.3 is 10.8 Å². The molecule has 0 aliphatic carbocycles. The van der Waals surface area contributed by atoms with Crippen LogP contribution in [0.15, 0.2) is 0 Å². The van der Waals surface area contributed by atoms with Crippen LogP contribution in [0.4, 0.5) is 0 Å². The summed E-state index contributed by atoms with van der Waals surface area (Å²) in [5.41, 5.74) is 4.87. The SMILES string of the molecule is CC1(C)C(=O)N(C(CCC(N)=O)C(=O)O)S1(=O)=O. The number of sulfonamides is 1. The fourth-order valence-corrected chi connectivity index (χ4v) is 3.28. The largest absolute Gasteiger partial charge is 0.480 e. The first-order chi connectivity index (χ1) is 8.03. The number of nitrogens with zero attached hydrogens (tertiary/aromatic N) is 1. The summed E-state index contributed by atoms with van der Waals surface area (Å²) < 4.78 is 22.3. The highest BCUT2D eigenvalue weighted by Gasteiger charge is 2.63. The zero-order valence-electron chi connectivity index (χ0n) is 9.91. The van der Waals surface area contributed by atoms with Crippen LogP contribution >= 0.6 is 0 Å². The highest BCUT2D eigenvalue weighted by Crippen LogP contribution is 2.37. The Labute approximate surface area is 104 Å². The molecule has 102 valence electrons. The Morgan fingerprint density at radius 3 is 2.28 bits per heavy atom. The number of hydrogen-bond donors (Lipinski definition) is 2. The van der Waals surface area contributed by atoms with E-state index >= 15 is 0 Å². The number of carbonyl (C=O) groups is 3. The van der Waals surface area contributed by atoms with E-state index in [1.165, 1.54) is 13.8 Å². The van der Waals surface area contributed by atoms with E-state index in [4.69, 9.17) is 10.8 Å². The summed E-state index contributed by atoms with van der Waals surface area (Å²) in [5, 5.41) is 8.93. The molecule has 1 aliphatic rings. The van der Waals surface area contributed by atoms with Crippen LogP contribution in [-0.4, -0.2) is 46.4 Å². The minimum Gasteiger partial charge on any atom is -0.480 e. The summed E-state index contributed by atoms with van der Waals surface area (Å²) >= 11 is 0. The zero-order chi connectivity index (χ0) is 14.3. The Balaban J connectivity index is 3.00. The van der Waals surface area contributed by atoms with E-state index < -0.39 is 38.6 Å². The Morgan fingerprint density at radius 1 is 1.44 bits per heavy atom. The molecule has 9 heteroatoms. The van der Waals surface area contributed by atoms with Crippen LogP contribution < -0.4 is 5.73 Å². The topological polar surface area (TPSA) is 135 Å². The fraction of sp³-hybridized carbons (Fsp3) is 0.667. The van der Waals surface area contributed by atoms with Gasteiger partial charge in [0.1, 0.15) is 6.04 Å². The molecule has 18 heavy (non-hydrogen) atoms. The number of amides is 2. The number of carboxylic acid groups (broad SMARTS) is 1. The lowest BCUT2D eigenvalue weighted by molar-refractivity contribution is -0.149. The third kappa shape index (κ3) is 1.94. The van der Waals surface area contributed by atoms with Gasteiger partial charge >= 0.3 is 5.97 Å². The maximum atomic E-state index is 11.8. The third-order valence-electron chi connectivity index (χ3n) is 2.85. The molecule has 1 fully saturated rings. The first kappa shape index (κ1) is 14.4. The van der Waals surface area contributed by atoms with E-state index in [2.05, 4.69) is 0 Å². The molecule has 0 aromatic rings. The van der Waals surface area contributed by atoms with Gasteiger partial charge in [0, 0.05) is 6.42 Å². The molecular formula is C9H14N2O6S. The van der Waals surface area contributed by atoms with Gasteiger partial charge in [0.15, 0.2) is 4.75 Å². The van der Waals surface area contributed by atoms with Crippen molar-refractivity contribution in [3.63, 3.8) is 0 Å². The molecule has 0 bridgehead atoms. The van der Waals surface area contributed by atoms with Gasteiger partial charge in [-0.2, -0.15) is 0 Å². The van der Waals surface area contributed by atoms with Crippen LogP contribution in [0.3, 0.4) is 0 Å². The van der Waals surface area contributed by atoms with Crippen molar-refractivity contribution in [2.45, 2.75) is 37.5 Å². The van der Waals surface area contributed by atoms with E-state index in [0.29, 0.717) is 4.31 Å². The molecule has 1 rings (SSSR count). The van der Waals surface area contributed by atoms with E-state index in [0.717, 1.165) is 0 Å². The number of nitrogens with two attached hydrogens (primary N) is 1. The summed E-state index contributed by atoms with van der Waals surface area (Å²) in [6.45, 7) is 2.41. The number of primary amides is 1. The van der Waals surface area contributed by atoms with Crippen LogP contribution in [-0.2, 0) is 24.4 Å². The third-order valence-corrected chi connectivity index (χ3v) is 5.25. The maximum absolute atomic E-state index is 11.8. The van der Waals surface area contributed by atoms with Crippen molar-refractivity contribution >= 4 is 27.8 Å². The van der Waals surface area contributed by atoms with Gasteiger partial charge in [-0.25, -0.2) is 17.5 Å². The van der Waals surface area contributed by atoms with Gasteiger partial charge in [0.25, 0.3) is 15.9 Å². The number of carbonyl (C=O) groups excluding carboxylic acids is 2. The number of rotatable bonds is 5. The van der Waals surface area contributed by atoms with Crippen LogP contribution in [0.25, 0.3) is 0 Å². The maximum Gasteiger partial charge on any atom is 0.327 e. The minimum absolute atomic E-state index is 0.309. The van der Waals surface area contributed by atoms with Crippen LogP contribution in [0.1, 0.15) is 26.7 Å². The summed E-state index contributed by atoms with van der Waals surface area (Å²) in [6.07, 6.45) is -0.636. The second-order valence-electron chi connectivity index (χ2n) is 4.48. The van der Waals surface area contributed by atoms with E-state index in [9.17, 15) is 22.8 Å². The molecule has 0 saturated carbocycles. The lowest BCUT2D eigenvalue weighted by atomic mass is 10.1. The molecule has 0 aromatic heterocycles. The fourth-order valence-electron chi connectivity index (χ4n) is 1.62. The van der Waals surface area contributed by atoms with Crippen LogP contribution in [0, 0.1) is 0 Å². The van der Waals surface area contributed by atoms with E-state index in [1.54, 1.807) is 0 Å². The first-order valence-electron chi connectivity index (χ1n) is 5.13. The van der Waals surface area contributed by atoms with Crippen molar-refractivity contribution in [1.29, 1.82) is 0 Å². The molecule has 3 N–H and O–H groups in total. The van der Waals surface area contributed by atoms with Crippen molar-refractivity contribution in [2.75, 3.05) is 0 Å². The molecule has 0 spiro atoms. The van der Waals surface area contributed by atoms with Crippen LogP contribution in [0.2, 0.25) is 0 Å². The Morgan fingerprint density at radius 2 is 1.94 bits per heavy atom. The number of hydrogen-bond acceptors (Lipinski definition) is 5. The molecule has 8 nitrogen and oxygen atoms in total. The predicted molar refractivity (Wildman–Crippen MR) is 59.7 cm³/mol. The molecular weight excluding hydrogens is 264 g/mol. The zero-order valence-corrected chi connectivity index (χ0v) is 10.7. The van der Waals surface area contributed by atoms with Crippen molar-refractivity contribution in [3.05, 3.63) is 0 Å². The van der Waals surface area contributed by atoms with Crippen LogP contribution in [0.5, 0.6) is 0 Å². The van der Waals surface area contributed by atoms with Gasteiger partial charge in [0.2, 0.25) is 5.91 Å². The second kappa shape index (κ2) is 4.23. The van der Waals surface area contributed by atoms with Gasteiger partial charge in [-0.3, -0.25) is 9.59 Å². The highest BCUT2D eigenvalue weighted by atomic mass is 32.2. The van der Waals surface area contributed by atoms with Gasteiger partial charge in [0.05, 0.1) is 0 Å². The normalized spacial score (nSPS) is 22.1. The van der Waals surface area contributed by atoms with Gasteiger partial charge in [-0.1, -0.05) is 0 Å².